The fourth-order valence-corrected chi connectivity index (χ4v) is 2.05. The SMILES string of the molecule is CC(C)(C)OC(=O)NNCCN1C(=O)c2ccccc2C1=O. The highest BCUT2D eigenvalue weighted by Gasteiger charge is 2.34. The van der Waals surface area contributed by atoms with Gasteiger partial charge in [-0.25, -0.2) is 10.2 Å². The lowest BCUT2D eigenvalue weighted by Gasteiger charge is -2.20. The van der Waals surface area contributed by atoms with E-state index in [0.717, 1.165) is 4.90 Å². The normalized spacial score (nSPS) is 14.0. The van der Waals surface area contributed by atoms with Crippen LogP contribution in [0.4, 0.5) is 4.79 Å². The Kier molecular flexibility index (Phi) is 4.46. The van der Waals surface area contributed by atoms with Crippen molar-refractivity contribution in [2.45, 2.75) is 26.4 Å². The number of hydrogen-bond donors (Lipinski definition) is 2. The third-order valence-electron chi connectivity index (χ3n) is 2.93. The number of fused-ring (bicyclic) bond motifs is 1. The van der Waals surface area contributed by atoms with E-state index in [4.69, 9.17) is 4.74 Å². The molecular formula is C15H19N3O4. The molecule has 2 N–H and O–H groups in total. The molecule has 0 saturated heterocycles. The summed E-state index contributed by atoms with van der Waals surface area (Å²) in [5.74, 6) is -0.640. The number of ether oxygens (including phenoxy) is 1. The van der Waals surface area contributed by atoms with E-state index >= 15 is 0 Å². The Bertz CT molecular complexity index is 572. The molecule has 0 unspecified atom stereocenters. The molecule has 0 aromatic heterocycles. The zero-order chi connectivity index (χ0) is 16.3. The van der Waals surface area contributed by atoms with Crippen LogP contribution in [0.2, 0.25) is 0 Å². The van der Waals surface area contributed by atoms with Crippen LogP contribution in [-0.4, -0.2) is 41.5 Å². The summed E-state index contributed by atoms with van der Waals surface area (Å²) < 4.78 is 5.04. The van der Waals surface area contributed by atoms with E-state index in [0.29, 0.717) is 11.1 Å². The van der Waals surface area contributed by atoms with Gasteiger partial charge in [0.05, 0.1) is 11.1 Å². The maximum Gasteiger partial charge on any atom is 0.422 e. The largest absolute Gasteiger partial charge is 0.443 e. The molecule has 118 valence electrons. The quantitative estimate of drug-likeness (QED) is 0.497. The van der Waals surface area contributed by atoms with Gasteiger partial charge in [0.2, 0.25) is 0 Å². The second-order valence-corrected chi connectivity index (χ2v) is 5.86. The number of benzene rings is 1. The predicted molar refractivity (Wildman–Crippen MR) is 79.2 cm³/mol. The molecule has 0 radical (unpaired) electrons. The van der Waals surface area contributed by atoms with Crippen LogP contribution in [0.5, 0.6) is 0 Å². The van der Waals surface area contributed by atoms with Gasteiger partial charge in [0.15, 0.2) is 0 Å². The zero-order valence-corrected chi connectivity index (χ0v) is 12.8. The summed E-state index contributed by atoms with van der Waals surface area (Å²) in [6, 6.07) is 6.69. The van der Waals surface area contributed by atoms with Crippen molar-refractivity contribution in [2.75, 3.05) is 13.1 Å². The summed E-state index contributed by atoms with van der Waals surface area (Å²) in [7, 11) is 0. The second-order valence-electron chi connectivity index (χ2n) is 5.86. The highest BCUT2D eigenvalue weighted by atomic mass is 16.6. The Hall–Kier alpha value is -2.41. The van der Waals surface area contributed by atoms with E-state index in [-0.39, 0.29) is 24.9 Å². The van der Waals surface area contributed by atoms with Crippen molar-refractivity contribution in [3.8, 4) is 0 Å². The number of carbonyl (C=O) groups excluding carboxylic acids is 3. The number of rotatable bonds is 4. The summed E-state index contributed by atoms with van der Waals surface area (Å²) in [6.07, 6.45) is -0.616. The van der Waals surface area contributed by atoms with Crippen molar-refractivity contribution < 1.29 is 19.1 Å². The van der Waals surface area contributed by atoms with E-state index < -0.39 is 11.7 Å². The Labute approximate surface area is 128 Å². The van der Waals surface area contributed by atoms with Crippen LogP contribution < -0.4 is 10.9 Å². The summed E-state index contributed by atoms with van der Waals surface area (Å²) >= 11 is 0. The first kappa shape index (κ1) is 16.0. The summed E-state index contributed by atoms with van der Waals surface area (Å²) in [4.78, 5) is 36.7. The number of carbonyl (C=O) groups is 3. The minimum Gasteiger partial charge on any atom is -0.443 e. The molecule has 1 aliphatic rings. The van der Waals surface area contributed by atoms with E-state index in [1.165, 1.54) is 0 Å². The average molecular weight is 305 g/mol. The molecule has 1 aromatic rings. The fraction of sp³-hybridized carbons (Fsp3) is 0.400. The molecule has 22 heavy (non-hydrogen) atoms. The molecule has 1 aromatic carbocycles. The molecule has 0 spiro atoms. The van der Waals surface area contributed by atoms with Gasteiger partial charge in [0, 0.05) is 13.1 Å². The second kappa shape index (κ2) is 6.15. The zero-order valence-electron chi connectivity index (χ0n) is 12.8. The van der Waals surface area contributed by atoms with E-state index in [2.05, 4.69) is 10.9 Å². The Morgan fingerprint density at radius 1 is 1.14 bits per heavy atom. The summed E-state index contributed by atoms with van der Waals surface area (Å²) in [6.45, 7) is 5.65. The van der Waals surface area contributed by atoms with Gasteiger partial charge in [-0.05, 0) is 32.9 Å². The molecule has 0 saturated carbocycles. The highest BCUT2D eigenvalue weighted by Crippen LogP contribution is 2.21. The van der Waals surface area contributed by atoms with Crippen molar-refractivity contribution >= 4 is 17.9 Å². The van der Waals surface area contributed by atoms with Crippen LogP contribution >= 0.6 is 0 Å². The Balaban J connectivity index is 1.81. The van der Waals surface area contributed by atoms with Crippen LogP contribution in [0, 0.1) is 0 Å². The standard InChI is InChI=1S/C15H19N3O4/c1-15(2,3)22-14(21)17-16-8-9-18-12(19)10-6-4-5-7-11(10)13(18)20/h4-7,16H,8-9H2,1-3H3,(H,17,21). The van der Waals surface area contributed by atoms with Crippen LogP contribution in [0.1, 0.15) is 41.5 Å². The van der Waals surface area contributed by atoms with Gasteiger partial charge in [-0.1, -0.05) is 12.1 Å². The van der Waals surface area contributed by atoms with Crippen molar-refractivity contribution in [3.63, 3.8) is 0 Å². The molecule has 1 aliphatic heterocycles. The lowest BCUT2D eigenvalue weighted by Crippen LogP contribution is -2.45. The smallest absolute Gasteiger partial charge is 0.422 e. The number of imide groups is 1. The Morgan fingerprint density at radius 3 is 2.18 bits per heavy atom. The molecule has 2 rings (SSSR count). The monoisotopic (exact) mass is 305 g/mol. The molecule has 3 amide bonds. The molecule has 0 aliphatic carbocycles. The first-order valence-electron chi connectivity index (χ1n) is 6.96. The molecule has 7 nitrogen and oxygen atoms in total. The lowest BCUT2D eigenvalue weighted by molar-refractivity contribution is 0.0496. The third kappa shape index (κ3) is 3.62. The lowest BCUT2D eigenvalue weighted by atomic mass is 10.1. The average Bonchev–Trinajstić information content (AvgIpc) is 2.67. The van der Waals surface area contributed by atoms with Crippen LogP contribution in [0.15, 0.2) is 24.3 Å². The topological polar surface area (TPSA) is 87.7 Å². The first-order valence-corrected chi connectivity index (χ1v) is 6.96. The molecule has 7 heteroatoms. The molecule has 0 fully saturated rings. The third-order valence-corrected chi connectivity index (χ3v) is 2.93. The molecule has 0 bridgehead atoms. The van der Waals surface area contributed by atoms with E-state index in [9.17, 15) is 14.4 Å². The van der Waals surface area contributed by atoms with E-state index in [1.807, 2.05) is 0 Å². The van der Waals surface area contributed by atoms with Gasteiger partial charge in [-0.3, -0.25) is 19.9 Å². The Morgan fingerprint density at radius 2 is 1.68 bits per heavy atom. The summed E-state index contributed by atoms with van der Waals surface area (Å²) in [5, 5.41) is 0. The van der Waals surface area contributed by atoms with E-state index in [1.54, 1.807) is 45.0 Å². The minimum absolute atomic E-state index is 0.155. The maximum absolute atomic E-state index is 12.1. The highest BCUT2D eigenvalue weighted by molar-refractivity contribution is 6.21. The van der Waals surface area contributed by atoms with Gasteiger partial charge >= 0.3 is 6.09 Å². The molecule has 0 atom stereocenters. The minimum atomic E-state index is -0.616. The van der Waals surface area contributed by atoms with Crippen molar-refractivity contribution in [1.29, 1.82) is 0 Å². The number of hydrogen-bond acceptors (Lipinski definition) is 5. The van der Waals surface area contributed by atoms with Crippen molar-refractivity contribution in [2.24, 2.45) is 0 Å². The van der Waals surface area contributed by atoms with Crippen molar-refractivity contribution in [3.05, 3.63) is 35.4 Å². The number of hydrazine groups is 1. The molecule has 1 heterocycles. The number of amides is 3. The first-order chi connectivity index (χ1) is 10.3. The van der Waals surface area contributed by atoms with Crippen LogP contribution in [-0.2, 0) is 4.74 Å². The van der Waals surface area contributed by atoms with Crippen LogP contribution in [0.25, 0.3) is 0 Å². The van der Waals surface area contributed by atoms with Gasteiger partial charge in [-0.2, -0.15) is 0 Å². The summed E-state index contributed by atoms with van der Waals surface area (Å²) in [5.41, 5.74) is 5.22. The van der Waals surface area contributed by atoms with Gasteiger partial charge < -0.3 is 4.74 Å². The van der Waals surface area contributed by atoms with Crippen molar-refractivity contribution in [1.82, 2.24) is 15.8 Å². The van der Waals surface area contributed by atoms with Gasteiger partial charge in [0.1, 0.15) is 5.60 Å². The van der Waals surface area contributed by atoms with Crippen LogP contribution in [0.3, 0.4) is 0 Å². The maximum atomic E-state index is 12.1. The van der Waals surface area contributed by atoms with Gasteiger partial charge in [0.25, 0.3) is 11.8 Å². The van der Waals surface area contributed by atoms with Gasteiger partial charge in [-0.15, -0.1) is 0 Å². The number of nitrogens with zero attached hydrogens (tertiary/aromatic N) is 1. The molecular weight excluding hydrogens is 286 g/mol. The number of nitrogens with one attached hydrogen (secondary N) is 2. The fourth-order valence-electron chi connectivity index (χ4n) is 2.05. The predicted octanol–water partition coefficient (Wildman–Crippen LogP) is 1.31.